The van der Waals surface area contributed by atoms with Gasteiger partial charge in [0.05, 0.1) is 6.21 Å². The maximum atomic E-state index is 12.2. The molecule has 27 heavy (non-hydrogen) atoms. The minimum Gasteiger partial charge on any atom is -0.485 e. The van der Waals surface area contributed by atoms with Crippen molar-refractivity contribution in [2.24, 2.45) is 5.16 Å². The Hall–Kier alpha value is -3.56. The molecule has 0 saturated carbocycles. The fourth-order valence-corrected chi connectivity index (χ4v) is 2.09. The van der Waals surface area contributed by atoms with Gasteiger partial charge in [0, 0.05) is 5.56 Å². The van der Waals surface area contributed by atoms with Crippen LogP contribution < -0.4 is 9.47 Å². The van der Waals surface area contributed by atoms with Crippen LogP contribution in [0.15, 0.2) is 58.2 Å². The van der Waals surface area contributed by atoms with Crippen LogP contribution in [0, 0.1) is 0 Å². The quantitative estimate of drug-likeness (QED) is 0.395. The molecule has 1 N–H and O–H groups in total. The van der Waals surface area contributed by atoms with E-state index < -0.39 is 6.36 Å². The molecular formula is C17H12F3N3O4. The smallest absolute Gasteiger partial charge is 0.485 e. The summed E-state index contributed by atoms with van der Waals surface area (Å²) in [6.45, 7) is 0.0339. The Morgan fingerprint density at radius 3 is 2.33 bits per heavy atom. The van der Waals surface area contributed by atoms with Crippen LogP contribution in [0.4, 0.5) is 13.2 Å². The second-order valence-corrected chi connectivity index (χ2v) is 5.19. The molecule has 0 aliphatic rings. The van der Waals surface area contributed by atoms with Crippen LogP contribution in [-0.4, -0.2) is 27.9 Å². The molecule has 0 spiro atoms. The first-order chi connectivity index (χ1) is 12.9. The number of alkyl halides is 3. The third-order valence-electron chi connectivity index (χ3n) is 3.26. The zero-order valence-corrected chi connectivity index (χ0v) is 13.6. The summed E-state index contributed by atoms with van der Waals surface area (Å²) in [5.41, 5.74) is 1.14. The van der Waals surface area contributed by atoms with Gasteiger partial charge in [-0.05, 0) is 54.1 Å². The van der Waals surface area contributed by atoms with Gasteiger partial charge in [0.15, 0.2) is 6.61 Å². The minimum atomic E-state index is -4.75. The number of halogens is 3. The van der Waals surface area contributed by atoms with E-state index in [9.17, 15) is 13.2 Å². The Kier molecular flexibility index (Phi) is 5.25. The van der Waals surface area contributed by atoms with Crippen molar-refractivity contribution in [2.75, 3.05) is 0 Å². The highest BCUT2D eigenvalue weighted by Crippen LogP contribution is 2.26. The number of oxime groups is 1. The molecule has 7 nitrogen and oxygen atoms in total. The molecule has 0 unspecified atom stereocenters. The lowest BCUT2D eigenvalue weighted by Crippen LogP contribution is -2.16. The molecule has 0 bridgehead atoms. The van der Waals surface area contributed by atoms with E-state index in [4.69, 9.17) is 14.5 Å². The van der Waals surface area contributed by atoms with E-state index in [1.54, 1.807) is 24.3 Å². The van der Waals surface area contributed by atoms with Crippen molar-refractivity contribution < 1.29 is 32.4 Å². The van der Waals surface area contributed by atoms with Crippen LogP contribution in [0.1, 0.15) is 11.4 Å². The van der Waals surface area contributed by atoms with Crippen LogP contribution in [0.3, 0.4) is 0 Å². The molecule has 2 aromatic carbocycles. The minimum absolute atomic E-state index is 0.0339. The maximum Gasteiger partial charge on any atom is 0.573 e. The highest BCUT2D eigenvalue weighted by Gasteiger charge is 2.31. The zero-order chi connectivity index (χ0) is 19.3. The Morgan fingerprint density at radius 1 is 1.04 bits per heavy atom. The molecule has 3 aromatic rings. The van der Waals surface area contributed by atoms with Gasteiger partial charge in [-0.25, -0.2) is 0 Å². The van der Waals surface area contributed by atoms with Gasteiger partial charge in [0.25, 0.3) is 5.89 Å². The predicted octanol–water partition coefficient (Wildman–Crippen LogP) is 4.02. The van der Waals surface area contributed by atoms with Crippen LogP contribution in [-0.2, 0) is 6.61 Å². The van der Waals surface area contributed by atoms with Crippen molar-refractivity contribution in [3.63, 3.8) is 0 Å². The largest absolute Gasteiger partial charge is 0.573 e. The summed E-state index contributed by atoms with van der Waals surface area (Å²) in [6.07, 6.45) is -3.47. The number of rotatable bonds is 6. The first-order valence-electron chi connectivity index (χ1n) is 7.52. The summed E-state index contributed by atoms with van der Waals surface area (Å²) < 4.78 is 50.9. The first-order valence-corrected chi connectivity index (χ1v) is 7.52. The Labute approximate surface area is 150 Å². The maximum absolute atomic E-state index is 12.2. The molecule has 0 saturated heterocycles. The van der Waals surface area contributed by atoms with E-state index in [1.165, 1.54) is 18.3 Å². The van der Waals surface area contributed by atoms with Crippen LogP contribution in [0.25, 0.3) is 11.5 Å². The van der Waals surface area contributed by atoms with Crippen molar-refractivity contribution >= 4 is 6.21 Å². The summed E-state index contributed by atoms with van der Waals surface area (Å²) in [5, 5.41) is 15.1. The van der Waals surface area contributed by atoms with E-state index in [1.807, 2.05) is 0 Å². The molecule has 0 atom stereocenters. The number of aromatic nitrogens is 2. The summed E-state index contributed by atoms with van der Waals surface area (Å²) >= 11 is 0. The predicted molar refractivity (Wildman–Crippen MR) is 86.6 cm³/mol. The highest BCUT2D eigenvalue weighted by atomic mass is 19.4. The second-order valence-electron chi connectivity index (χ2n) is 5.19. The first kappa shape index (κ1) is 18.2. The van der Waals surface area contributed by atoms with E-state index in [-0.39, 0.29) is 24.1 Å². The number of benzene rings is 2. The standard InChI is InChI=1S/C17H12F3N3O4/c18-17(19,20)26-14-7-3-12(4-8-14)16-22-15(23-27-16)10-25-13-5-1-11(2-6-13)9-21-24/h1-9,24H,10H2/b21-9+. The molecule has 3 rings (SSSR count). The van der Waals surface area contributed by atoms with E-state index in [0.717, 1.165) is 12.1 Å². The highest BCUT2D eigenvalue weighted by molar-refractivity contribution is 5.79. The van der Waals surface area contributed by atoms with Crippen LogP contribution in [0.2, 0.25) is 0 Å². The summed E-state index contributed by atoms with van der Waals surface area (Å²) in [6, 6.07) is 11.8. The normalized spacial score (nSPS) is 11.7. The molecule has 10 heteroatoms. The molecule has 1 aromatic heterocycles. The lowest BCUT2D eigenvalue weighted by molar-refractivity contribution is -0.274. The Bertz CT molecular complexity index is 906. The number of ether oxygens (including phenoxy) is 2. The van der Waals surface area contributed by atoms with Crippen LogP contribution >= 0.6 is 0 Å². The van der Waals surface area contributed by atoms with Gasteiger partial charge < -0.3 is 19.2 Å². The molecular weight excluding hydrogens is 367 g/mol. The molecule has 1 heterocycles. The molecule has 0 radical (unpaired) electrons. The Balaban J connectivity index is 1.61. The molecule has 0 amide bonds. The monoisotopic (exact) mass is 379 g/mol. The van der Waals surface area contributed by atoms with Crippen molar-refractivity contribution in [3.05, 3.63) is 59.9 Å². The Morgan fingerprint density at radius 2 is 1.70 bits per heavy atom. The molecule has 0 aliphatic carbocycles. The van der Waals surface area contributed by atoms with Gasteiger partial charge in [-0.2, -0.15) is 4.98 Å². The van der Waals surface area contributed by atoms with E-state index >= 15 is 0 Å². The van der Waals surface area contributed by atoms with Crippen molar-refractivity contribution in [3.8, 4) is 23.0 Å². The zero-order valence-electron chi connectivity index (χ0n) is 13.6. The third-order valence-corrected chi connectivity index (χ3v) is 3.26. The summed E-state index contributed by atoms with van der Waals surface area (Å²) in [4.78, 5) is 4.13. The lowest BCUT2D eigenvalue weighted by Gasteiger charge is -2.08. The number of hydrogen-bond acceptors (Lipinski definition) is 7. The van der Waals surface area contributed by atoms with Gasteiger partial charge >= 0.3 is 6.36 Å². The van der Waals surface area contributed by atoms with E-state index in [2.05, 4.69) is 20.0 Å². The summed E-state index contributed by atoms with van der Waals surface area (Å²) in [7, 11) is 0. The van der Waals surface area contributed by atoms with Crippen molar-refractivity contribution in [2.45, 2.75) is 13.0 Å². The average Bonchev–Trinajstić information content (AvgIpc) is 3.10. The molecule has 0 aliphatic heterocycles. The van der Waals surface area contributed by atoms with Crippen LogP contribution in [0.5, 0.6) is 11.5 Å². The second kappa shape index (κ2) is 7.77. The van der Waals surface area contributed by atoms with Gasteiger partial charge in [-0.1, -0.05) is 10.3 Å². The summed E-state index contributed by atoms with van der Waals surface area (Å²) in [5.74, 6) is 0.609. The lowest BCUT2D eigenvalue weighted by atomic mass is 10.2. The molecule has 0 fully saturated rings. The van der Waals surface area contributed by atoms with Gasteiger partial charge in [-0.15, -0.1) is 13.2 Å². The average molecular weight is 379 g/mol. The van der Waals surface area contributed by atoms with Gasteiger partial charge in [0.1, 0.15) is 11.5 Å². The fourth-order valence-electron chi connectivity index (χ4n) is 2.09. The number of hydrogen-bond donors (Lipinski definition) is 1. The van der Waals surface area contributed by atoms with Gasteiger partial charge in [0.2, 0.25) is 5.82 Å². The topological polar surface area (TPSA) is 90.0 Å². The molecule has 140 valence electrons. The fraction of sp³-hybridized carbons (Fsp3) is 0.118. The van der Waals surface area contributed by atoms with Gasteiger partial charge in [-0.3, -0.25) is 0 Å². The van der Waals surface area contributed by atoms with Crippen molar-refractivity contribution in [1.29, 1.82) is 0 Å². The SMILES string of the molecule is O/N=C/c1ccc(OCc2noc(-c3ccc(OC(F)(F)F)cc3)n2)cc1. The van der Waals surface area contributed by atoms with Crippen molar-refractivity contribution in [1.82, 2.24) is 10.1 Å². The van der Waals surface area contributed by atoms with E-state index in [0.29, 0.717) is 16.9 Å². The third kappa shape index (κ3) is 5.21. The number of nitrogens with zero attached hydrogens (tertiary/aromatic N) is 3.